The fraction of sp³-hybridized carbons (Fsp3) is 0.182. The summed E-state index contributed by atoms with van der Waals surface area (Å²) >= 11 is 0. The Kier molecular flexibility index (Phi) is 5.32. The van der Waals surface area contributed by atoms with Crippen LogP contribution in [0.15, 0.2) is 60.7 Å². The summed E-state index contributed by atoms with van der Waals surface area (Å²) in [4.78, 5) is 12.3. The van der Waals surface area contributed by atoms with E-state index in [2.05, 4.69) is 18.1 Å². The lowest BCUT2D eigenvalue weighted by molar-refractivity contribution is -0.129. The lowest BCUT2D eigenvalue weighted by Gasteiger charge is -2.11. The van der Waals surface area contributed by atoms with E-state index in [-0.39, 0.29) is 0 Å². The van der Waals surface area contributed by atoms with Crippen LogP contribution in [0, 0.1) is 13.8 Å². The number of aromatic nitrogens is 2. The molecule has 26 heavy (non-hydrogen) atoms. The first-order valence-electron chi connectivity index (χ1n) is 8.69. The maximum Gasteiger partial charge on any atom is 0.337 e. The van der Waals surface area contributed by atoms with Crippen LogP contribution in [0.4, 0.5) is 0 Å². The highest BCUT2D eigenvalue weighted by Crippen LogP contribution is 2.24. The van der Waals surface area contributed by atoms with E-state index in [1.54, 1.807) is 10.8 Å². The number of benzene rings is 2. The number of ether oxygens (including phenoxy) is 1. The molecule has 3 rings (SSSR count). The molecule has 132 valence electrons. The molecule has 0 spiro atoms. The van der Waals surface area contributed by atoms with Gasteiger partial charge in [0.1, 0.15) is 0 Å². The first kappa shape index (κ1) is 17.7. The average Bonchev–Trinajstić information content (AvgIpc) is 3.06. The van der Waals surface area contributed by atoms with Crippen LogP contribution in [0.2, 0.25) is 0 Å². The molecular weight excluding hydrogens is 324 g/mol. The molecule has 1 heterocycles. The van der Waals surface area contributed by atoms with Crippen molar-refractivity contribution in [3.05, 3.63) is 83.1 Å². The highest BCUT2D eigenvalue weighted by atomic mass is 16.5. The Hall–Kier alpha value is -3.14. The van der Waals surface area contributed by atoms with E-state index in [4.69, 9.17) is 4.74 Å². The van der Waals surface area contributed by atoms with Gasteiger partial charge in [0.15, 0.2) is 0 Å². The van der Waals surface area contributed by atoms with E-state index < -0.39 is 5.97 Å². The second-order valence-electron chi connectivity index (χ2n) is 6.12. The minimum atomic E-state index is -0.428. The predicted molar refractivity (Wildman–Crippen MR) is 104 cm³/mol. The number of hydrogen-bond donors (Lipinski definition) is 0. The molecule has 0 N–H and O–H groups in total. The first-order chi connectivity index (χ1) is 12.6. The van der Waals surface area contributed by atoms with Crippen molar-refractivity contribution in [1.82, 2.24) is 9.78 Å². The molecule has 0 atom stereocenters. The van der Waals surface area contributed by atoms with Gasteiger partial charge >= 0.3 is 5.97 Å². The minimum Gasteiger partial charge on any atom is -0.404 e. The third-order valence-electron chi connectivity index (χ3n) is 4.31. The molecule has 4 nitrogen and oxygen atoms in total. The van der Waals surface area contributed by atoms with Gasteiger partial charge in [-0.15, -0.1) is 0 Å². The van der Waals surface area contributed by atoms with E-state index in [1.807, 2.05) is 62.4 Å². The third kappa shape index (κ3) is 3.91. The van der Waals surface area contributed by atoms with Crippen molar-refractivity contribution in [2.24, 2.45) is 0 Å². The van der Waals surface area contributed by atoms with E-state index >= 15 is 0 Å². The molecule has 0 bridgehead atoms. The molecule has 1 aromatic heterocycles. The largest absolute Gasteiger partial charge is 0.404 e. The molecule has 0 saturated heterocycles. The molecule has 0 saturated carbocycles. The van der Waals surface area contributed by atoms with Crippen molar-refractivity contribution in [2.75, 3.05) is 0 Å². The average molecular weight is 346 g/mol. The molecular formula is C22H22N2O2. The number of carbonyl (C=O) groups excluding carboxylic acids is 1. The summed E-state index contributed by atoms with van der Waals surface area (Å²) in [5.41, 5.74) is 5.01. The molecule has 0 aliphatic rings. The van der Waals surface area contributed by atoms with Gasteiger partial charge in [0.25, 0.3) is 0 Å². The number of aryl methyl sites for hydroxylation is 2. The van der Waals surface area contributed by atoms with Crippen LogP contribution in [-0.2, 0) is 11.2 Å². The molecule has 4 heteroatoms. The molecule has 0 aliphatic heterocycles. The van der Waals surface area contributed by atoms with Gasteiger partial charge < -0.3 is 4.74 Å². The highest BCUT2D eigenvalue weighted by molar-refractivity contribution is 5.88. The van der Waals surface area contributed by atoms with Crippen molar-refractivity contribution in [3.8, 4) is 11.6 Å². The fourth-order valence-electron chi connectivity index (χ4n) is 2.66. The summed E-state index contributed by atoms with van der Waals surface area (Å²) in [6.07, 6.45) is 3.94. The minimum absolute atomic E-state index is 0.428. The lowest BCUT2D eigenvalue weighted by atomic mass is 10.1. The zero-order chi connectivity index (χ0) is 18.5. The summed E-state index contributed by atoms with van der Waals surface area (Å²) in [7, 11) is 0. The molecule has 0 amide bonds. The van der Waals surface area contributed by atoms with E-state index in [0.29, 0.717) is 5.88 Å². The SMILES string of the molecule is CCc1cc(OC(=O)/C=C/c2ccccc2)n(-c2cccc(C)c2C)n1. The maximum absolute atomic E-state index is 12.3. The molecule has 3 aromatic rings. The quantitative estimate of drug-likeness (QED) is 0.498. The second-order valence-corrected chi connectivity index (χ2v) is 6.12. The summed E-state index contributed by atoms with van der Waals surface area (Å²) in [5.74, 6) is 0.00113. The van der Waals surface area contributed by atoms with E-state index in [9.17, 15) is 4.79 Å². The van der Waals surface area contributed by atoms with Crippen molar-refractivity contribution < 1.29 is 9.53 Å². The summed E-state index contributed by atoms with van der Waals surface area (Å²) in [6, 6.07) is 17.5. The van der Waals surface area contributed by atoms with Crippen LogP contribution < -0.4 is 4.74 Å². The lowest BCUT2D eigenvalue weighted by Crippen LogP contribution is -2.09. The van der Waals surface area contributed by atoms with Crippen LogP contribution in [0.3, 0.4) is 0 Å². The zero-order valence-electron chi connectivity index (χ0n) is 15.3. The van der Waals surface area contributed by atoms with Gasteiger partial charge in [-0.2, -0.15) is 5.10 Å². The smallest absolute Gasteiger partial charge is 0.337 e. The van der Waals surface area contributed by atoms with Crippen LogP contribution in [0.1, 0.15) is 29.3 Å². The standard InChI is InChI=1S/C22H22N2O2/c1-4-19-15-21(24(23-19)20-12-8-9-16(2)17(20)3)26-22(25)14-13-18-10-6-5-7-11-18/h5-15H,4H2,1-3H3/b14-13+. The maximum atomic E-state index is 12.3. The van der Waals surface area contributed by atoms with Crippen LogP contribution in [0.25, 0.3) is 11.8 Å². The van der Waals surface area contributed by atoms with Crippen LogP contribution >= 0.6 is 0 Å². The predicted octanol–water partition coefficient (Wildman–Crippen LogP) is 4.67. The van der Waals surface area contributed by atoms with Gasteiger partial charge in [-0.05, 0) is 49.1 Å². The van der Waals surface area contributed by atoms with Crippen molar-refractivity contribution in [3.63, 3.8) is 0 Å². The molecule has 0 aliphatic carbocycles. The number of carbonyl (C=O) groups is 1. The van der Waals surface area contributed by atoms with Gasteiger partial charge in [-0.25, -0.2) is 9.48 Å². The topological polar surface area (TPSA) is 44.1 Å². The number of nitrogens with zero attached hydrogens (tertiary/aromatic N) is 2. The van der Waals surface area contributed by atoms with E-state index in [0.717, 1.165) is 34.5 Å². The Bertz CT molecular complexity index is 940. The Balaban J connectivity index is 1.88. The van der Waals surface area contributed by atoms with Crippen molar-refractivity contribution in [1.29, 1.82) is 0 Å². The summed E-state index contributed by atoms with van der Waals surface area (Å²) < 4.78 is 7.28. The molecule has 0 fully saturated rings. The third-order valence-corrected chi connectivity index (χ3v) is 4.31. The number of hydrogen-bond acceptors (Lipinski definition) is 3. The van der Waals surface area contributed by atoms with Gasteiger partial charge in [0.2, 0.25) is 5.88 Å². The number of esters is 1. The first-order valence-corrected chi connectivity index (χ1v) is 8.69. The Morgan fingerprint density at radius 2 is 1.88 bits per heavy atom. The van der Waals surface area contributed by atoms with Gasteiger partial charge in [-0.3, -0.25) is 0 Å². The summed E-state index contributed by atoms with van der Waals surface area (Å²) in [6.45, 7) is 6.12. The molecule has 0 unspecified atom stereocenters. The Morgan fingerprint density at radius 3 is 2.62 bits per heavy atom. The zero-order valence-corrected chi connectivity index (χ0v) is 15.3. The second kappa shape index (κ2) is 7.83. The Labute approximate surface area is 153 Å². The number of rotatable bonds is 5. The fourth-order valence-corrected chi connectivity index (χ4v) is 2.66. The van der Waals surface area contributed by atoms with Gasteiger partial charge in [-0.1, -0.05) is 49.4 Å². The van der Waals surface area contributed by atoms with E-state index in [1.165, 1.54) is 6.08 Å². The van der Waals surface area contributed by atoms with Crippen LogP contribution in [0.5, 0.6) is 5.88 Å². The van der Waals surface area contributed by atoms with Gasteiger partial charge in [0.05, 0.1) is 11.4 Å². The summed E-state index contributed by atoms with van der Waals surface area (Å²) in [5, 5.41) is 4.59. The molecule has 0 radical (unpaired) electrons. The van der Waals surface area contributed by atoms with Crippen molar-refractivity contribution >= 4 is 12.0 Å². The van der Waals surface area contributed by atoms with Crippen molar-refractivity contribution in [2.45, 2.75) is 27.2 Å². The van der Waals surface area contributed by atoms with Gasteiger partial charge in [0, 0.05) is 12.1 Å². The Morgan fingerprint density at radius 1 is 1.12 bits per heavy atom. The normalized spacial score (nSPS) is 11.0. The van der Waals surface area contributed by atoms with Crippen LogP contribution in [-0.4, -0.2) is 15.7 Å². The highest BCUT2D eigenvalue weighted by Gasteiger charge is 2.15. The monoisotopic (exact) mass is 346 g/mol. The molecule has 2 aromatic carbocycles.